The standard InChI is InChI=1S/C12H21N3S/c1-10(13)11-9-14-12(16-11)5-8-15-6-3-2-4-7-15/h9-10H,2-8,13H2,1H3. The Balaban J connectivity index is 1.79. The quantitative estimate of drug-likeness (QED) is 0.876. The van der Waals surface area contributed by atoms with Crippen molar-refractivity contribution in [1.82, 2.24) is 9.88 Å². The summed E-state index contributed by atoms with van der Waals surface area (Å²) in [6, 6.07) is 0.126. The molecule has 1 aromatic heterocycles. The average molecular weight is 239 g/mol. The molecule has 90 valence electrons. The van der Waals surface area contributed by atoms with Crippen molar-refractivity contribution in [2.75, 3.05) is 19.6 Å². The SMILES string of the molecule is CC(N)c1cnc(CCN2CCCCC2)s1. The highest BCUT2D eigenvalue weighted by atomic mass is 32.1. The van der Waals surface area contributed by atoms with Crippen LogP contribution in [0.2, 0.25) is 0 Å². The van der Waals surface area contributed by atoms with E-state index in [9.17, 15) is 0 Å². The largest absolute Gasteiger partial charge is 0.323 e. The van der Waals surface area contributed by atoms with Gasteiger partial charge in [0.25, 0.3) is 0 Å². The zero-order valence-electron chi connectivity index (χ0n) is 9.98. The van der Waals surface area contributed by atoms with Crippen LogP contribution in [0.5, 0.6) is 0 Å². The van der Waals surface area contributed by atoms with Crippen LogP contribution in [0.1, 0.15) is 42.1 Å². The summed E-state index contributed by atoms with van der Waals surface area (Å²) in [6.07, 6.45) is 7.15. The molecular weight excluding hydrogens is 218 g/mol. The molecule has 0 aliphatic carbocycles. The Morgan fingerprint density at radius 1 is 1.44 bits per heavy atom. The van der Waals surface area contributed by atoms with Gasteiger partial charge in [0.1, 0.15) is 0 Å². The van der Waals surface area contributed by atoms with Gasteiger partial charge < -0.3 is 10.6 Å². The van der Waals surface area contributed by atoms with Gasteiger partial charge in [-0.2, -0.15) is 0 Å². The highest BCUT2D eigenvalue weighted by molar-refractivity contribution is 7.11. The molecule has 1 atom stereocenters. The van der Waals surface area contributed by atoms with E-state index < -0.39 is 0 Å². The molecule has 1 saturated heterocycles. The van der Waals surface area contributed by atoms with Crippen molar-refractivity contribution in [3.05, 3.63) is 16.1 Å². The lowest BCUT2D eigenvalue weighted by Crippen LogP contribution is -2.31. The molecule has 0 spiro atoms. The summed E-state index contributed by atoms with van der Waals surface area (Å²) in [5.74, 6) is 0. The van der Waals surface area contributed by atoms with Crippen molar-refractivity contribution < 1.29 is 0 Å². The Bertz CT molecular complexity index is 316. The van der Waals surface area contributed by atoms with E-state index in [1.165, 1.54) is 42.2 Å². The Kier molecular flexibility index (Phi) is 4.32. The summed E-state index contributed by atoms with van der Waals surface area (Å²) in [5, 5.41) is 1.23. The van der Waals surface area contributed by atoms with E-state index in [2.05, 4.69) is 9.88 Å². The van der Waals surface area contributed by atoms with Crippen molar-refractivity contribution in [2.45, 2.75) is 38.6 Å². The second kappa shape index (κ2) is 5.75. The molecule has 3 nitrogen and oxygen atoms in total. The number of hydrogen-bond acceptors (Lipinski definition) is 4. The van der Waals surface area contributed by atoms with Gasteiger partial charge >= 0.3 is 0 Å². The lowest BCUT2D eigenvalue weighted by Gasteiger charge is -2.25. The van der Waals surface area contributed by atoms with Crippen LogP contribution in [0, 0.1) is 0 Å². The van der Waals surface area contributed by atoms with Gasteiger partial charge in [-0.05, 0) is 32.9 Å². The number of rotatable bonds is 4. The van der Waals surface area contributed by atoms with Gasteiger partial charge in [0.05, 0.1) is 5.01 Å². The first kappa shape index (κ1) is 12.0. The fourth-order valence-electron chi connectivity index (χ4n) is 2.09. The zero-order chi connectivity index (χ0) is 11.4. The molecule has 2 heterocycles. The highest BCUT2D eigenvalue weighted by Crippen LogP contribution is 2.19. The van der Waals surface area contributed by atoms with Crippen LogP contribution in [0.3, 0.4) is 0 Å². The van der Waals surface area contributed by atoms with Crippen LogP contribution < -0.4 is 5.73 Å². The van der Waals surface area contributed by atoms with Gasteiger partial charge in [0, 0.05) is 30.1 Å². The number of thiazole rings is 1. The Morgan fingerprint density at radius 2 is 2.19 bits per heavy atom. The van der Waals surface area contributed by atoms with Gasteiger partial charge in [-0.15, -0.1) is 11.3 Å². The summed E-state index contributed by atoms with van der Waals surface area (Å²) in [7, 11) is 0. The van der Waals surface area contributed by atoms with Gasteiger partial charge in [0.15, 0.2) is 0 Å². The molecule has 2 N–H and O–H groups in total. The highest BCUT2D eigenvalue weighted by Gasteiger charge is 2.11. The number of likely N-dealkylation sites (tertiary alicyclic amines) is 1. The first-order valence-electron chi connectivity index (χ1n) is 6.18. The summed E-state index contributed by atoms with van der Waals surface area (Å²) in [5.41, 5.74) is 5.83. The molecule has 4 heteroatoms. The van der Waals surface area contributed by atoms with E-state index in [-0.39, 0.29) is 6.04 Å². The molecule has 0 bridgehead atoms. The van der Waals surface area contributed by atoms with Gasteiger partial charge in [-0.1, -0.05) is 6.42 Å². The second-order valence-corrected chi connectivity index (χ2v) is 5.74. The predicted molar refractivity (Wildman–Crippen MR) is 68.7 cm³/mol. The van der Waals surface area contributed by atoms with Gasteiger partial charge in [0.2, 0.25) is 0 Å². The van der Waals surface area contributed by atoms with Crippen molar-refractivity contribution >= 4 is 11.3 Å². The first-order chi connectivity index (χ1) is 7.75. The number of piperidine rings is 1. The van der Waals surface area contributed by atoms with Crippen molar-refractivity contribution in [1.29, 1.82) is 0 Å². The smallest absolute Gasteiger partial charge is 0.0941 e. The van der Waals surface area contributed by atoms with Crippen LogP contribution in [-0.4, -0.2) is 29.5 Å². The third-order valence-corrected chi connectivity index (χ3v) is 4.37. The molecule has 1 fully saturated rings. The van der Waals surface area contributed by atoms with E-state index in [1.807, 2.05) is 13.1 Å². The van der Waals surface area contributed by atoms with Crippen LogP contribution in [-0.2, 0) is 6.42 Å². The maximum Gasteiger partial charge on any atom is 0.0941 e. The molecule has 1 aliphatic rings. The minimum Gasteiger partial charge on any atom is -0.323 e. The van der Waals surface area contributed by atoms with E-state index in [4.69, 9.17) is 5.73 Å². The van der Waals surface area contributed by atoms with Crippen molar-refractivity contribution in [3.8, 4) is 0 Å². The maximum absolute atomic E-state index is 5.83. The summed E-state index contributed by atoms with van der Waals surface area (Å²) in [6.45, 7) is 5.71. The Labute approximate surface area is 102 Å². The van der Waals surface area contributed by atoms with Gasteiger partial charge in [-0.25, -0.2) is 4.98 Å². The molecule has 0 saturated carbocycles. The fraction of sp³-hybridized carbons (Fsp3) is 0.750. The third-order valence-electron chi connectivity index (χ3n) is 3.11. The van der Waals surface area contributed by atoms with Crippen LogP contribution in [0.15, 0.2) is 6.20 Å². The maximum atomic E-state index is 5.83. The number of nitrogens with two attached hydrogens (primary N) is 1. The first-order valence-corrected chi connectivity index (χ1v) is 7.00. The lowest BCUT2D eigenvalue weighted by atomic mass is 10.1. The fourth-order valence-corrected chi connectivity index (χ4v) is 2.95. The normalized spacial score (nSPS) is 19.9. The summed E-state index contributed by atoms with van der Waals surface area (Å²) in [4.78, 5) is 8.19. The van der Waals surface area contributed by atoms with Crippen LogP contribution in [0.4, 0.5) is 0 Å². The summed E-state index contributed by atoms with van der Waals surface area (Å²) < 4.78 is 0. The molecular formula is C12H21N3S. The van der Waals surface area contributed by atoms with Crippen LogP contribution >= 0.6 is 11.3 Å². The number of nitrogens with zero attached hydrogens (tertiary/aromatic N) is 2. The van der Waals surface area contributed by atoms with E-state index in [0.29, 0.717) is 0 Å². The molecule has 2 rings (SSSR count). The summed E-state index contributed by atoms with van der Waals surface area (Å²) >= 11 is 1.77. The van der Waals surface area contributed by atoms with E-state index in [1.54, 1.807) is 11.3 Å². The lowest BCUT2D eigenvalue weighted by molar-refractivity contribution is 0.231. The van der Waals surface area contributed by atoms with Crippen molar-refractivity contribution in [3.63, 3.8) is 0 Å². The molecule has 0 aromatic carbocycles. The second-order valence-electron chi connectivity index (χ2n) is 4.60. The predicted octanol–water partition coefficient (Wildman–Crippen LogP) is 2.19. The minimum absolute atomic E-state index is 0.126. The topological polar surface area (TPSA) is 42.1 Å². The Morgan fingerprint density at radius 3 is 2.81 bits per heavy atom. The molecule has 0 radical (unpaired) electrons. The van der Waals surface area contributed by atoms with Crippen LogP contribution in [0.25, 0.3) is 0 Å². The molecule has 1 aliphatic heterocycles. The molecule has 1 aromatic rings. The molecule has 0 amide bonds. The number of hydrogen-bond donors (Lipinski definition) is 1. The third kappa shape index (κ3) is 3.27. The van der Waals surface area contributed by atoms with Crippen molar-refractivity contribution in [2.24, 2.45) is 5.73 Å². The van der Waals surface area contributed by atoms with E-state index in [0.717, 1.165) is 13.0 Å². The minimum atomic E-state index is 0.126. The zero-order valence-corrected chi connectivity index (χ0v) is 10.8. The number of aromatic nitrogens is 1. The Hall–Kier alpha value is -0.450. The molecule has 1 unspecified atom stereocenters. The van der Waals surface area contributed by atoms with E-state index >= 15 is 0 Å². The monoisotopic (exact) mass is 239 g/mol. The molecule has 16 heavy (non-hydrogen) atoms. The van der Waals surface area contributed by atoms with Gasteiger partial charge in [-0.3, -0.25) is 0 Å². The average Bonchev–Trinajstić information content (AvgIpc) is 2.76.